The van der Waals surface area contributed by atoms with Gasteiger partial charge in [-0.2, -0.15) is 0 Å². The predicted octanol–water partition coefficient (Wildman–Crippen LogP) is 2.01. The van der Waals surface area contributed by atoms with E-state index in [9.17, 15) is 13.6 Å². The lowest BCUT2D eigenvalue weighted by molar-refractivity contribution is -0.121. The summed E-state index contributed by atoms with van der Waals surface area (Å²) < 4.78 is 25.8. The van der Waals surface area contributed by atoms with Crippen LogP contribution in [0.15, 0.2) is 18.2 Å². The van der Waals surface area contributed by atoms with Crippen LogP contribution in [0.5, 0.6) is 0 Å². The fourth-order valence-electron chi connectivity index (χ4n) is 2.48. The first kappa shape index (κ1) is 14.9. The van der Waals surface area contributed by atoms with Gasteiger partial charge in [-0.3, -0.25) is 4.79 Å². The number of carbonyl (C=O) groups is 1. The van der Waals surface area contributed by atoms with E-state index in [1.807, 2.05) is 0 Å². The first-order chi connectivity index (χ1) is 9.48. The van der Waals surface area contributed by atoms with Crippen molar-refractivity contribution in [2.45, 2.75) is 26.2 Å². The van der Waals surface area contributed by atoms with E-state index in [1.54, 1.807) is 0 Å². The maximum atomic E-state index is 13.1. The van der Waals surface area contributed by atoms with Gasteiger partial charge >= 0.3 is 0 Å². The minimum absolute atomic E-state index is 0.0701. The number of hydrogen-bond acceptors (Lipinski definition) is 2. The molecule has 0 aliphatic carbocycles. The summed E-state index contributed by atoms with van der Waals surface area (Å²) in [5.74, 6) is -1.98. The highest BCUT2D eigenvalue weighted by Gasteiger charge is 2.26. The van der Waals surface area contributed by atoms with Crippen molar-refractivity contribution in [3.05, 3.63) is 35.4 Å². The Morgan fingerprint density at radius 2 is 2.20 bits per heavy atom. The van der Waals surface area contributed by atoms with Gasteiger partial charge in [-0.05, 0) is 42.5 Å². The van der Waals surface area contributed by atoms with Gasteiger partial charge in [0, 0.05) is 13.1 Å². The van der Waals surface area contributed by atoms with Gasteiger partial charge in [0.1, 0.15) is 0 Å². The van der Waals surface area contributed by atoms with Gasteiger partial charge in [0.2, 0.25) is 5.91 Å². The lowest BCUT2D eigenvalue weighted by atomic mass is 9.83. The Hall–Kier alpha value is -1.49. The Labute approximate surface area is 117 Å². The second-order valence-electron chi connectivity index (χ2n) is 5.79. The molecule has 20 heavy (non-hydrogen) atoms. The summed E-state index contributed by atoms with van der Waals surface area (Å²) in [6.07, 6.45) is 2.25. The molecule has 1 fully saturated rings. The number of hydrogen-bond donors (Lipinski definition) is 2. The van der Waals surface area contributed by atoms with Crippen molar-refractivity contribution in [3.63, 3.8) is 0 Å². The van der Waals surface area contributed by atoms with E-state index in [1.165, 1.54) is 6.07 Å². The van der Waals surface area contributed by atoms with E-state index in [0.717, 1.165) is 38.1 Å². The van der Waals surface area contributed by atoms with Gasteiger partial charge in [-0.25, -0.2) is 8.78 Å². The third-order valence-electron chi connectivity index (χ3n) is 3.75. The molecule has 110 valence electrons. The number of nitrogens with one attached hydrogen (secondary N) is 2. The van der Waals surface area contributed by atoms with Crippen LogP contribution in [0.25, 0.3) is 0 Å². The minimum atomic E-state index is -0.918. The number of piperidine rings is 1. The number of benzene rings is 1. The third-order valence-corrected chi connectivity index (χ3v) is 3.75. The van der Waals surface area contributed by atoms with Gasteiger partial charge in [0.25, 0.3) is 0 Å². The highest BCUT2D eigenvalue weighted by atomic mass is 19.2. The molecule has 2 rings (SSSR count). The molecule has 1 aliphatic heterocycles. The molecule has 1 unspecified atom stereocenters. The largest absolute Gasteiger partial charge is 0.355 e. The molecule has 3 nitrogen and oxygen atoms in total. The van der Waals surface area contributed by atoms with Gasteiger partial charge in [0.05, 0.1) is 6.42 Å². The summed E-state index contributed by atoms with van der Waals surface area (Å²) in [4.78, 5) is 11.8. The van der Waals surface area contributed by atoms with E-state index in [-0.39, 0.29) is 17.7 Å². The van der Waals surface area contributed by atoms with Crippen LogP contribution in [0.3, 0.4) is 0 Å². The van der Waals surface area contributed by atoms with Crippen molar-refractivity contribution in [2.24, 2.45) is 5.41 Å². The monoisotopic (exact) mass is 282 g/mol. The summed E-state index contributed by atoms with van der Waals surface area (Å²) in [5, 5.41) is 6.20. The molecule has 0 saturated carbocycles. The fraction of sp³-hybridized carbons (Fsp3) is 0.533. The Bertz CT molecular complexity index is 485. The van der Waals surface area contributed by atoms with E-state index in [4.69, 9.17) is 0 Å². The van der Waals surface area contributed by atoms with Crippen molar-refractivity contribution >= 4 is 5.91 Å². The zero-order valence-corrected chi connectivity index (χ0v) is 11.6. The highest BCUT2D eigenvalue weighted by molar-refractivity contribution is 5.78. The van der Waals surface area contributed by atoms with Gasteiger partial charge < -0.3 is 10.6 Å². The Morgan fingerprint density at radius 3 is 2.85 bits per heavy atom. The van der Waals surface area contributed by atoms with Gasteiger partial charge in [-0.15, -0.1) is 0 Å². The van der Waals surface area contributed by atoms with Gasteiger partial charge in [0.15, 0.2) is 11.6 Å². The number of halogens is 2. The molecule has 0 spiro atoms. The normalized spacial score (nSPS) is 22.6. The molecule has 1 amide bonds. The molecule has 2 N–H and O–H groups in total. The van der Waals surface area contributed by atoms with E-state index < -0.39 is 11.6 Å². The second-order valence-corrected chi connectivity index (χ2v) is 5.79. The fourth-order valence-corrected chi connectivity index (χ4v) is 2.48. The van der Waals surface area contributed by atoms with Crippen LogP contribution in [0, 0.1) is 17.0 Å². The van der Waals surface area contributed by atoms with Crippen LogP contribution in [0.4, 0.5) is 8.78 Å². The van der Waals surface area contributed by atoms with Crippen molar-refractivity contribution in [1.29, 1.82) is 0 Å². The van der Waals surface area contributed by atoms with E-state index >= 15 is 0 Å². The molecule has 1 heterocycles. The summed E-state index contributed by atoms with van der Waals surface area (Å²) >= 11 is 0. The molecule has 0 radical (unpaired) electrons. The standard InChI is InChI=1S/C15H20F2N2O/c1-15(5-2-6-18-9-15)10-19-14(20)8-11-3-4-12(16)13(17)7-11/h3-4,7,18H,2,5-6,8-10H2,1H3,(H,19,20). The number of rotatable bonds is 4. The zero-order valence-electron chi connectivity index (χ0n) is 11.6. The summed E-state index contributed by atoms with van der Waals surface area (Å²) in [5.41, 5.74) is 0.551. The number of amides is 1. The van der Waals surface area contributed by atoms with Crippen LogP contribution < -0.4 is 10.6 Å². The Morgan fingerprint density at radius 1 is 1.40 bits per heavy atom. The van der Waals surface area contributed by atoms with Crippen molar-refractivity contribution in [1.82, 2.24) is 10.6 Å². The summed E-state index contributed by atoms with van der Waals surface area (Å²) in [6.45, 7) is 4.65. The quantitative estimate of drug-likeness (QED) is 0.887. The Kier molecular flexibility index (Phi) is 4.70. The second kappa shape index (κ2) is 6.31. The summed E-state index contributed by atoms with van der Waals surface area (Å²) in [6, 6.07) is 3.55. The van der Waals surface area contributed by atoms with Crippen molar-refractivity contribution in [3.8, 4) is 0 Å². The Balaban J connectivity index is 1.84. The van der Waals surface area contributed by atoms with Crippen LogP contribution >= 0.6 is 0 Å². The third kappa shape index (κ3) is 4.00. The zero-order chi connectivity index (χ0) is 14.6. The molecule has 0 aromatic heterocycles. The van der Waals surface area contributed by atoms with Crippen LogP contribution in [0.1, 0.15) is 25.3 Å². The van der Waals surface area contributed by atoms with Crippen LogP contribution in [-0.2, 0) is 11.2 Å². The molecule has 1 atom stereocenters. The van der Waals surface area contributed by atoms with E-state index in [0.29, 0.717) is 12.1 Å². The maximum Gasteiger partial charge on any atom is 0.224 e. The molecule has 1 aromatic rings. The molecule has 1 aromatic carbocycles. The average Bonchev–Trinajstić information content (AvgIpc) is 2.42. The number of carbonyl (C=O) groups excluding carboxylic acids is 1. The smallest absolute Gasteiger partial charge is 0.224 e. The average molecular weight is 282 g/mol. The SMILES string of the molecule is CC1(CNC(=O)Cc2ccc(F)c(F)c2)CCCNC1. The molecular formula is C15H20F2N2O. The van der Waals surface area contributed by atoms with Crippen LogP contribution in [-0.4, -0.2) is 25.5 Å². The molecule has 1 saturated heterocycles. The predicted molar refractivity (Wildman–Crippen MR) is 73.3 cm³/mol. The molecule has 0 bridgehead atoms. The van der Waals surface area contributed by atoms with Crippen LogP contribution in [0.2, 0.25) is 0 Å². The van der Waals surface area contributed by atoms with Gasteiger partial charge in [-0.1, -0.05) is 13.0 Å². The summed E-state index contributed by atoms with van der Waals surface area (Å²) in [7, 11) is 0. The first-order valence-electron chi connectivity index (χ1n) is 6.90. The van der Waals surface area contributed by atoms with Crippen molar-refractivity contribution in [2.75, 3.05) is 19.6 Å². The molecular weight excluding hydrogens is 262 g/mol. The molecule has 5 heteroatoms. The lowest BCUT2D eigenvalue weighted by Crippen LogP contribution is -2.45. The first-order valence-corrected chi connectivity index (χ1v) is 6.90. The van der Waals surface area contributed by atoms with Crippen molar-refractivity contribution < 1.29 is 13.6 Å². The van der Waals surface area contributed by atoms with E-state index in [2.05, 4.69) is 17.6 Å². The molecule has 1 aliphatic rings. The highest BCUT2D eigenvalue weighted by Crippen LogP contribution is 2.24. The lowest BCUT2D eigenvalue weighted by Gasteiger charge is -2.34. The maximum absolute atomic E-state index is 13.1. The topological polar surface area (TPSA) is 41.1 Å². The minimum Gasteiger partial charge on any atom is -0.355 e.